The van der Waals surface area contributed by atoms with E-state index in [-0.39, 0.29) is 11.9 Å². The quantitative estimate of drug-likeness (QED) is 0.664. The monoisotopic (exact) mass is 402 g/mol. The van der Waals surface area contributed by atoms with E-state index in [0.29, 0.717) is 12.5 Å². The molecule has 0 radical (unpaired) electrons. The molecule has 0 bridgehead atoms. The summed E-state index contributed by atoms with van der Waals surface area (Å²) in [5.41, 5.74) is 4.60. The molecule has 5 heteroatoms. The van der Waals surface area contributed by atoms with E-state index < -0.39 is 5.60 Å². The van der Waals surface area contributed by atoms with Crippen LogP contribution in [0.4, 0.5) is 0 Å². The van der Waals surface area contributed by atoms with Gasteiger partial charge in [0.15, 0.2) is 5.76 Å². The van der Waals surface area contributed by atoms with Gasteiger partial charge in [-0.3, -0.25) is 4.79 Å². The molecule has 1 fully saturated rings. The Morgan fingerprint density at radius 1 is 1.13 bits per heavy atom. The maximum absolute atomic E-state index is 13.5. The zero-order valence-corrected chi connectivity index (χ0v) is 17.6. The molecule has 1 atom stereocenters. The number of carbonyl (C=O) groups excluding carboxylic acids is 1. The number of nitrogens with zero attached hydrogens (tertiary/aromatic N) is 2. The van der Waals surface area contributed by atoms with Crippen molar-refractivity contribution in [1.29, 1.82) is 0 Å². The Bertz CT molecular complexity index is 1100. The molecule has 1 N–H and O–H groups in total. The van der Waals surface area contributed by atoms with Gasteiger partial charge in [-0.2, -0.15) is 0 Å². The number of aromatic nitrogens is 1. The minimum atomic E-state index is -0.921. The molecular weight excluding hydrogens is 376 g/mol. The van der Waals surface area contributed by atoms with Gasteiger partial charge in [0.1, 0.15) is 0 Å². The zero-order valence-electron chi connectivity index (χ0n) is 17.6. The molecule has 2 aliphatic rings. The number of amides is 1. The Hall–Kier alpha value is -2.92. The van der Waals surface area contributed by atoms with Crippen LogP contribution < -0.4 is 0 Å². The number of rotatable bonds is 5. The van der Waals surface area contributed by atoms with Gasteiger partial charge in [-0.25, -0.2) is 0 Å². The third-order valence-electron chi connectivity index (χ3n) is 6.20. The lowest BCUT2D eigenvalue weighted by Gasteiger charge is -2.37. The predicted molar refractivity (Wildman–Crippen MR) is 115 cm³/mol. The number of hydrogen-bond donors (Lipinski definition) is 1. The van der Waals surface area contributed by atoms with E-state index in [1.165, 1.54) is 0 Å². The summed E-state index contributed by atoms with van der Waals surface area (Å²) < 4.78 is 5.35. The molecule has 1 aliphatic carbocycles. The topological polar surface area (TPSA) is 66.6 Å². The summed E-state index contributed by atoms with van der Waals surface area (Å²) >= 11 is 0. The van der Waals surface area contributed by atoms with Gasteiger partial charge < -0.3 is 14.5 Å². The van der Waals surface area contributed by atoms with Crippen LogP contribution in [0.5, 0.6) is 0 Å². The van der Waals surface area contributed by atoms with Crippen molar-refractivity contribution in [2.75, 3.05) is 0 Å². The summed E-state index contributed by atoms with van der Waals surface area (Å²) in [5, 5.41) is 14.7. The zero-order chi connectivity index (χ0) is 21.0. The fourth-order valence-corrected chi connectivity index (χ4v) is 4.79. The fourth-order valence-electron chi connectivity index (χ4n) is 4.79. The molecule has 0 spiro atoms. The van der Waals surface area contributed by atoms with Gasteiger partial charge in [0.05, 0.1) is 22.9 Å². The molecule has 5 nitrogen and oxygen atoms in total. The van der Waals surface area contributed by atoms with E-state index in [0.717, 1.165) is 52.1 Å². The Labute approximate surface area is 176 Å². The summed E-state index contributed by atoms with van der Waals surface area (Å²) in [6, 6.07) is 15.8. The lowest BCUT2D eigenvalue weighted by Crippen LogP contribution is -2.51. The average Bonchev–Trinajstić information content (AvgIpc) is 3.35. The van der Waals surface area contributed by atoms with Crippen LogP contribution in [0, 0.1) is 12.8 Å². The molecule has 0 saturated heterocycles. The highest BCUT2D eigenvalue weighted by Gasteiger charge is 2.48. The summed E-state index contributed by atoms with van der Waals surface area (Å²) in [7, 11) is 0. The number of aliphatic hydroxyl groups is 1. The predicted octanol–water partition coefficient (Wildman–Crippen LogP) is 4.82. The number of carbonyl (C=O) groups is 1. The van der Waals surface area contributed by atoms with Crippen LogP contribution >= 0.6 is 0 Å². The first-order valence-electron chi connectivity index (χ1n) is 10.5. The van der Waals surface area contributed by atoms with Crippen LogP contribution in [0.3, 0.4) is 0 Å². The molecule has 1 aromatic heterocycles. The van der Waals surface area contributed by atoms with Crippen LogP contribution in [-0.4, -0.2) is 32.7 Å². The maximum Gasteiger partial charge on any atom is 0.255 e. The van der Waals surface area contributed by atoms with Crippen molar-refractivity contribution in [3.63, 3.8) is 0 Å². The highest BCUT2D eigenvalue weighted by Crippen LogP contribution is 2.44. The van der Waals surface area contributed by atoms with Crippen molar-refractivity contribution in [2.45, 2.75) is 51.8 Å². The van der Waals surface area contributed by atoms with Crippen molar-refractivity contribution in [2.24, 2.45) is 5.92 Å². The van der Waals surface area contributed by atoms with Gasteiger partial charge in [-0.05, 0) is 56.2 Å². The largest absolute Gasteiger partial charge is 0.388 e. The van der Waals surface area contributed by atoms with E-state index in [4.69, 9.17) is 4.52 Å². The van der Waals surface area contributed by atoms with Crippen molar-refractivity contribution in [3.05, 3.63) is 65.4 Å². The van der Waals surface area contributed by atoms with Crippen molar-refractivity contribution in [1.82, 2.24) is 10.1 Å². The Morgan fingerprint density at radius 2 is 1.83 bits per heavy atom. The van der Waals surface area contributed by atoms with Gasteiger partial charge in [-0.1, -0.05) is 47.6 Å². The Kier molecular flexibility index (Phi) is 4.33. The van der Waals surface area contributed by atoms with Gasteiger partial charge in [0, 0.05) is 18.2 Å². The average molecular weight is 402 g/mol. The summed E-state index contributed by atoms with van der Waals surface area (Å²) in [5.74, 6) is 1.14. The van der Waals surface area contributed by atoms with Crippen LogP contribution in [0.2, 0.25) is 0 Å². The van der Waals surface area contributed by atoms with E-state index >= 15 is 0 Å². The third kappa shape index (κ3) is 3.23. The molecular formula is C25H26N2O3. The summed E-state index contributed by atoms with van der Waals surface area (Å²) in [6.45, 7) is 6.09. The second-order valence-corrected chi connectivity index (χ2v) is 9.12. The van der Waals surface area contributed by atoms with Crippen LogP contribution in [0.1, 0.15) is 48.3 Å². The lowest BCUT2D eigenvalue weighted by atomic mass is 9.92. The first kappa shape index (κ1) is 19.1. The first-order chi connectivity index (χ1) is 14.3. The molecule has 1 amide bonds. The minimum Gasteiger partial charge on any atom is -0.388 e. The first-order valence-corrected chi connectivity index (χ1v) is 10.5. The molecule has 1 unspecified atom stereocenters. The highest BCUT2D eigenvalue weighted by atomic mass is 16.5. The van der Waals surface area contributed by atoms with Gasteiger partial charge in [0.25, 0.3) is 5.91 Å². The smallest absolute Gasteiger partial charge is 0.255 e. The molecule has 1 saturated carbocycles. The lowest BCUT2D eigenvalue weighted by molar-refractivity contribution is -0.0224. The molecule has 30 heavy (non-hydrogen) atoms. The maximum atomic E-state index is 13.5. The van der Waals surface area contributed by atoms with Crippen molar-refractivity contribution < 1.29 is 14.4 Å². The van der Waals surface area contributed by atoms with E-state index in [9.17, 15) is 9.90 Å². The van der Waals surface area contributed by atoms with Gasteiger partial charge in [0.2, 0.25) is 0 Å². The van der Waals surface area contributed by atoms with Gasteiger partial charge in [-0.15, -0.1) is 0 Å². The van der Waals surface area contributed by atoms with Crippen molar-refractivity contribution in [3.8, 4) is 22.5 Å². The van der Waals surface area contributed by atoms with Crippen LogP contribution in [0.25, 0.3) is 22.5 Å². The minimum absolute atomic E-state index is 0.0227. The Balaban J connectivity index is 1.49. The van der Waals surface area contributed by atoms with Crippen LogP contribution in [-0.2, 0) is 6.54 Å². The number of hydrogen-bond acceptors (Lipinski definition) is 4. The van der Waals surface area contributed by atoms with Crippen molar-refractivity contribution >= 4 is 5.91 Å². The molecule has 2 aromatic carbocycles. The van der Waals surface area contributed by atoms with E-state index in [1.807, 2.05) is 74.2 Å². The second-order valence-electron chi connectivity index (χ2n) is 9.12. The second kappa shape index (κ2) is 6.81. The molecule has 1 aliphatic heterocycles. The number of benzene rings is 2. The fraction of sp³-hybridized carbons (Fsp3) is 0.360. The molecule has 5 rings (SSSR count). The Morgan fingerprint density at radius 3 is 2.43 bits per heavy atom. The third-order valence-corrected chi connectivity index (χ3v) is 6.20. The number of aryl methyl sites for hydroxylation is 1. The normalized spacial score (nSPS) is 17.3. The summed E-state index contributed by atoms with van der Waals surface area (Å²) in [4.78, 5) is 15.4. The summed E-state index contributed by atoms with van der Waals surface area (Å²) in [6.07, 6.45) is 2.15. The SMILES string of the molecule is Cc1cc(-c2ccc(-c3cccc4c3C(=O)N(C(C3CC3)C(C)(C)O)C4)cc2)on1. The van der Waals surface area contributed by atoms with E-state index in [2.05, 4.69) is 5.16 Å². The highest BCUT2D eigenvalue weighted by molar-refractivity contribution is 6.04. The molecule has 2 heterocycles. The number of fused-ring (bicyclic) bond motifs is 1. The van der Waals surface area contributed by atoms with Crippen LogP contribution in [0.15, 0.2) is 53.1 Å². The van der Waals surface area contributed by atoms with Gasteiger partial charge >= 0.3 is 0 Å². The van der Waals surface area contributed by atoms with E-state index in [1.54, 1.807) is 0 Å². The molecule has 154 valence electrons. The molecule has 3 aromatic rings. The standard InChI is InChI=1S/C25H26N2O3/c1-15-13-21(30-26-15)17-9-7-16(8-10-17)20-6-4-5-19-14-27(24(28)22(19)20)23(18-11-12-18)25(2,3)29/h4-10,13,18,23,29H,11-12,14H2,1-3H3.